The molecule has 7 heteroatoms. The van der Waals surface area contributed by atoms with Gasteiger partial charge in [0.1, 0.15) is 10.6 Å². The number of ether oxygens (including phenoxy) is 1. The van der Waals surface area contributed by atoms with Gasteiger partial charge in [-0.05, 0) is 30.5 Å². The SMILES string of the molecule is COc1ccc(CCCNc2ncc(C(F)(F)F)s2)cc1. The van der Waals surface area contributed by atoms with Gasteiger partial charge in [0.15, 0.2) is 5.13 Å². The highest BCUT2D eigenvalue weighted by Gasteiger charge is 2.33. The van der Waals surface area contributed by atoms with Gasteiger partial charge >= 0.3 is 6.18 Å². The number of rotatable bonds is 6. The average molecular weight is 316 g/mol. The monoisotopic (exact) mass is 316 g/mol. The van der Waals surface area contributed by atoms with Gasteiger partial charge in [0, 0.05) is 6.54 Å². The predicted molar refractivity (Wildman–Crippen MR) is 76.9 cm³/mol. The highest BCUT2D eigenvalue weighted by molar-refractivity contribution is 7.15. The lowest BCUT2D eigenvalue weighted by atomic mass is 10.1. The highest BCUT2D eigenvalue weighted by atomic mass is 32.1. The van der Waals surface area contributed by atoms with Gasteiger partial charge in [-0.25, -0.2) is 4.98 Å². The van der Waals surface area contributed by atoms with E-state index in [2.05, 4.69) is 10.3 Å². The minimum absolute atomic E-state index is 0.303. The topological polar surface area (TPSA) is 34.1 Å². The van der Waals surface area contributed by atoms with Crippen LogP contribution in [0.2, 0.25) is 0 Å². The number of aromatic nitrogens is 1. The van der Waals surface area contributed by atoms with Gasteiger partial charge in [-0.15, -0.1) is 0 Å². The summed E-state index contributed by atoms with van der Waals surface area (Å²) in [4.78, 5) is 3.04. The highest BCUT2D eigenvalue weighted by Crippen LogP contribution is 2.34. The minimum atomic E-state index is -4.32. The van der Waals surface area contributed by atoms with Gasteiger partial charge in [0.05, 0.1) is 13.3 Å². The third-order valence-electron chi connectivity index (χ3n) is 2.86. The number of methoxy groups -OCH3 is 1. The van der Waals surface area contributed by atoms with Crippen molar-refractivity contribution in [1.29, 1.82) is 0 Å². The smallest absolute Gasteiger partial charge is 0.427 e. The zero-order chi connectivity index (χ0) is 15.3. The van der Waals surface area contributed by atoms with Gasteiger partial charge in [-0.1, -0.05) is 23.5 Å². The van der Waals surface area contributed by atoms with Crippen molar-refractivity contribution in [3.63, 3.8) is 0 Å². The van der Waals surface area contributed by atoms with Crippen molar-refractivity contribution in [2.45, 2.75) is 19.0 Å². The van der Waals surface area contributed by atoms with E-state index in [0.717, 1.165) is 30.4 Å². The Balaban J connectivity index is 1.75. The second-order valence-corrected chi connectivity index (χ2v) is 5.44. The molecule has 0 bridgehead atoms. The number of benzene rings is 1. The first-order valence-corrected chi connectivity index (χ1v) is 7.20. The van der Waals surface area contributed by atoms with Gasteiger partial charge in [0.25, 0.3) is 0 Å². The van der Waals surface area contributed by atoms with Crippen LogP contribution in [0.15, 0.2) is 30.5 Å². The van der Waals surface area contributed by atoms with E-state index in [9.17, 15) is 13.2 Å². The van der Waals surface area contributed by atoms with Gasteiger partial charge in [-0.2, -0.15) is 13.2 Å². The summed E-state index contributed by atoms with van der Waals surface area (Å²) < 4.78 is 42.3. The first-order chi connectivity index (χ1) is 9.99. The van der Waals surface area contributed by atoms with Crippen LogP contribution in [-0.2, 0) is 12.6 Å². The molecule has 1 aromatic heterocycles. The Morgan fingerprint density at radius 2 is 1.95 bits per heavy atom. The lowest BCUT2D eigenvalue weighted by Crippen LogP contribution is -2.02. The van der Waals surface area contributed by atoms with Gasteiger partial charge < -0.3 is 10.1 Å². The largest absolute Gasteiger partial charge is 0.497 e. The maximum Gasteiger partial charge on any atom is 0.427 e. The molecule has 0 amide bonds. The molecule has 114 valence electrons. The molecule has 2 aromatic rings. The van der Waals surface area contributed by atoms with E-state index in [1.165, 1.54) is 0 Å². The van der Waals surface area contributed by atoms with Crippen molar-refractivity contribution >= 4 is 16.5 Å². The summed E-state index contributed by atoms with van der Waals surface area (Å²) in [7, 11) is 1.61. The zero-order valence-electron chi connectivity index (χ0n) is 11.4. The summed E-state index contributed by atoms with van der Waals surface area (Å²) in [6.45, 7) is 0.580. The molecule has 0 atom stereocenters. The molecule has 0 aliphatic heterocycles. The summed E-state index contributed by atoms with van der Waals surface area (Å²) in [6, 6.07) is 7.73. The van der Waals surface area contributed by atoms with Crippen LogP contribution in [0.1, 0.15) is 16.9 Å². The lowest BCUT2D eigenvalue weighted by Gasteiger charge is -2.04. The maximum atomic E-state index is 12.4. The quantitative estimate of drug-likeness (QED) is 0.810. The van der Waals surface area contributed by atoms with Crippen molar-refractivity contribution in [2.24, 2.45) is 0 Å². The van der Waals surface area contributed by atoms with Crippen LogP contribution >= 0.6 is 11.3 Å². The van der Waals surface area contributed by atoms with Crippen LogP contribution < -0.4 is 10.1 Å². The number of nitrogens with one attached hydrogen (secondary N) is 1. The predicted octanol–water partition coefficient (Wildman–Crippen LogP) is 4.22. The molecule has 2 rings (SSSR count). The fourth-order valence-electron chi connectivity index (χ4n) is 1.77. The number of alkyl halides is 3. The Morgan fingerprint density at radius 1 is 1.24 bits per heavy atom. The van der Waals surface area contributed by atoms with Crippen LogP contribution in [0.3, 0.4) is 0 Å². The second-order valence-electron chi connectivity index (χ2n) is 4.41. The van der Waals surface area contributed by atoms with Crippen LogP contribution in [0.4, 0.5) is 18.3 Å². The minimum Gasteiger partial charge on any atom is -0.497 e. The van der Waals surface area contributed by atoms with Crippen molar-refractivity contribution in [3.8, 4) is 5.75 Å². The summed E-state index contributed by atoms with van der Waals surface area (Å²) in [5, 5.41) is 3.22. The molecule has 1 heterocycles. The number of thiazole rings is 1. The van der Waals surface area contributed by atoms with E-state index in [0.29, 0.717) is 23.0 Å². The Morgan fingerprint density at radius 3 is 2.52 bits per heavy atom. The molecule has 0 unspecified atom stereocenters. The number of hydrogen-bond donors (Lipinski definition) is 1. The van der Waals surface area contributed by atoms with Gasteiger partial charge in [0.2, 0.25) is 0 Å². The standard InChI is InChI=1S/C14H15F3N2OS/c1-20-11-6-4-10(5-7-11)3-2-8-18-13-19-9-12(21-13)14(15,16)17/h4-7,9H,2-3,8H2,1H3,(H,18,19). The molecule has 0 aliphatic carbocycles. The number of halogens is 3. The summed E-state index contributed by atoms with van der Waals surface area (Å²) >= 11 is 0.627. The molecular weight excluding hydrogens is 301 g/mol. The number of hydrogen-bond acceptors (Lipinski definition) is 4. The first kappa shape index (κ1) is 15.6. The van der Waals surface area contributed by atoms with Crippen LogP contribution in [0, 0.1) is 0 Å². The Labute approximate surface area is 124 Å². The maximum absolute atomic E-state index is 12.4. The zero-order valence-corrected chi connectivity index (χ0v) is 12.2. The molecule has 0 saturated carbocycles. The molecule has 1 N–H and O–H groups in total. The van der Waals surface area contributed by atoms with E-state index in [1.54, 1.807) is 7.11 Å². The molecule has 21 heavy (non-hydrogen) atoms. The number of nitrogens with zero attached hydrogens (tertiary/aromatic N) is 1. The molecule has 0 radical (unpaired) electrons. The Bertz CT molecular complexity index is 566. The van der Waals surface area contributed by atoms with E-state index < -0.39 is 11.1 Å². The van der Waals surface area contributed by atoms with Crippen molar-refractivity contribution in [3.05, 3.63) is 40.9 Å². The Kier molecular flexibility index (Phi) is 5.06. The molecule has 0 saturated heterocycles. The van der Waals surface area contributed by atoms with E-state index in [-0.39, 0.29) is 0 Å². The van der Waals surface area contributed by atoms with Crippen molar-refractivity contribution < 1.29 is 17.9 Å². The van der Waals surface area contributed by atoms with Crippen LogP contribution in [-0.4, -0.2) is 18.6 Å². The molecule has 0 spiro atoms. The number of aryl methyl sites for hydroxylation is 1. The normalized spacial score (nSPS) is 11.4. The third kappa shape index (κ3) is 4.63. The fourth-order valence-corrected chi connectivity index (χ4v) is 2.48. The lowest BCUT2D eigenvalue weighted by molar-refractivity contribution is -0.134. The van der Waals surface area contributed by atoms with E-state index in [4.69, 9.17) is 4.74 Å². The summed E-state index contributed by atoms with van der Waals surface area (Å²) in [6.07, 6.45) is -1.81. The van der Waals surface area contributed by atoms with Gasteiger partial charge in [-0.3, -0.25) is 0 Å². The molecule has 1 aromatic carbocycles. The second kappa shape index (κ2) is 6.80. The molecular formula is C14H15F3N2OS. The van der Waals surface area contributed by atoms with E-state index in [1.807, 2.05) is 24.3 Å². The van der Waals surface area contributed by atoms with Crippen LogP contribution in [0.5, 0.6) is 5.75 Å². The molecule has 0 aliphatic rings. The molecule has 3 nitrogen and oxygen atoms in total. The summed E-state index contributed by atoms with van der Waals surface area (Å²) in [5.74, 6) is 0.805. The third-order valence-corrected chi connectivity index (χ3v) is 3.86. The Hall–Kier alpha value is -1.76. The fraction of sp³-hybridized carbons (Fsp3) is 0.357. The van der Waals surface area contributed by atoms with Crippen molar-refractivity contribution in [2.75, 3.05) is 19.0 Å². The van der Waals surface area contributed by atoms with Crippen LogP contribution in [0.25, 0.3) is 0 Å². The average Bonchev–Trinajstić information content (AvgIpc) is 2.93. The first-order valence-electron chi connectivity index (χ1n) is 6.39. The van der Waals surface area contributed by atoms with E-state index >= 15 is 0 Å². The van der Waals surface area contributed by atoms with Crippen molar-refractivity contribution in [1.82, 2.24) is 4.98 Å². The summed E-state index contributed by atoms with van der Waals surface area (Å²) in [5.41, 5.74) is 1.16. The molecule has 0 fully saturated rings. The number of anilines is 1.